The van der Waals surface area contributed by atoms with Crippen LogP contribution in [0.3, 0.4) is 0 Å². The topological polar surface area (TPSA) is 89.9 Å². The van der Waals surface area contributed by atoms with E-state index in [0.29, 0.717) is 18.5 Å². The van der Waals surface area contributed by atoms with Crippen molar-refractivity contribution in [3.63, 3.8) is 0 Å². The number of carbonyl (C=O) groups is 2. The van der Waals surface area contributed by atoms with Gasteiger partial charge in [-0.25, -0.2) is 9.59 Å². The number of nitrogens with one attached hydrogen (secondary N) is 1. The molecule has 0 aromatic rings. The first-order valence-electron chi connectivity index (χ1n) is 7.37. The molecular weight excluding hydrogens is 260 g/mol. The summed E-state index contributed by atoms with van der Waals surface area (Å²) in [6, 6.07) is 0.144. The van der Waals surface area contributed by atoms with Crippen LogP contribution >= 0.6 is 0 Å². The Morgan fingerprint density at radius 2 is 1.90 bits per heavy atom. The number of hydrogen-bond acceptors (Lipinski definition) is 3. The second kappa shape index (κ2) is 8.09. The van der Waals surface area contributed by atoms with Crippen LogP contribution in [0.2, 0.25) is 0 Å². The number of carboxylic acids is 1. The fourth-order valence-electron chi connectivity index (χ4n) is 2.55. The smallest absolute Gasteiger partial charge is 0.332 e. The summed E-state index contributed by atoms with van der Waals surface area (Å²) in [6.07, 6.45) is 3.01. The maximum Gasteiger partial charge on any atom is 0.332 e. The van der Waals surface area contributed by atoms with Crippen LogP contribution in [0.4, 0.5) is 4.79 Å². The third-order valence-electron chi connectivity index (χ3n) is 3.57. The lowest BCUT2D eigenvalue weighted by Gasteiger charge is -2.30. The van der Waals surface area contributed by atoms with Crippen molar-refractivity contribution in [2.24, 2.45) is 5.92 Å². The van der Waals surface area contributed by atoms with E-state index in [1.165, 1.54) is 0 Å². The number of aliphatic carboxylic acids is 1. The number of hydrogen-bond donors (Lipinski definition) is 3. The summed E-state index contributed by atoms with van der Waals surface area (Å²) in [4.78, 5) is 24.6. The fraction of sp³-hybridized carbons (Fsp3) is 0.857. The van der Waals surface area contributed by atoms with Crippen LogP contribution in [-0.4, -0.2) is 52.3 Å². The van der Waals surface area contributed by atoms with E-state index in [-0.39, 0.29) is 19.0 Å². The van der Waals surface area contributed by atoms with E-state index in [1.807, 2.05) is 4.90 Å². The van der Waals surface area contributed by atoms with E-state index in [1.54, 1.807) is 0 Å². The van der Waals surface area contributed by atoms with Crippen LogP contribution in [0.5, 0.6) is 0 Å². The third kappa shape index (κ3) is 5.36. The van der Waals surface area contributed by atoms with Gasteiger partial charge in [0.2, 0.25) is 0 Å². The molecule has 1 aliphatic rings. The minimum atomic E-state index is -1.42. The maximum absolute atomic E-state index is 12.2. The molecule has 0 unspecified atom stereocenters. The van der Waals surface area contributed by atoms with Gasteiger partial charge in [-0.2, -0.15) is 0 Å². The molecule has 0 bridgehead atoms. The van der Waals surface area contributed by atoms with Crippen LogP contribution in [0.25, 0.3) is 0 Å². The van der Waals surface area contributed by atoms with Crippen molar-refractivity contribution in [3.8, 4) is 0 Å². The molecule has 0 aromatic heterocycles. The Bertz CT molecular complexity index is 327. The van der Waals surface area contributed by atoms with Crippen molar-refractivity contribution in [1.29, 1.82) is 0 Å². The number of amides is 2. The number of aliphatic hydroxyl groups excluding tert-OH is 1. The third-order valence-corrected chi connectivity index (χ3v) is 3.57. The molecule has 0 saturated heterocycles. The summed E-state index contributed by atoms with van der Waals surface area (Å²) in [6.45, 7) is 5.03. The average Bonchev–Trinajstić information content (AvgIpc) is 2.88. The Labute approximate surface area is 120 Å². The van der Waals surface area contributed by atoms with E-state index >= 15 is 0 Å². The zero-order valence-corrected chi connectivity index (χ0v) is 12.3. The van der Waals surface area contributed by atoms with Gasteiger partial charge in [0.25, 0.3) is 0 Å². The van der Waals surface area contributed by atoms with E-state index in [0.717, 1.165) is 25.7 Å². The Balaban J connectivity index is 2.44. The normalized spacial score (nSPS) is 17.2. The van der Waals surface area contributed by atoms with Crippen molar-refractivity contribution in [2.75, 3.05) is 13.1 Å². The van der Waals surface area contributed by atoms with E-state index in [2.05, 4.69) is 19.2 Å². The summed E-state index contributed by atoms with van der Waals surface area (Å²) < 4.78 is 0. The number of rotatable bonds is 7. The maximum atomic E-state index is 12.2. The minimum absolute atomic E-state index is 0.0290. The van der Waals surface area contributed by atoms with Gasteiger partial charge in [0.05, 0.1) is 0 Å². The molecule has 6 heteroatoms. The minimum Gasteiger partial charge on any atom is -0.479 e. The fourth-order valence-corrected chi connectivity index (χ4v) is 2.55. The molecule has 116 valence electrons. The van der Waals surface area contributed by atoms with E-state index < -0.39 is 12.1 Å². The summed E-state index contributed by atoms with van der Waals surface area (Å²) in [5.74, 6) is -0.861. The molecule has 1 atom stereocenters. The van der Waals surface area contributed by atoms with Gasteiger partial charge in [-0.3, -0.25) is 0 Å². The van der Waals surface area contributed by atoms with Gasteiger partial charge >= 0.3 is 12.0 Å². The van der Waals surface area contributed by atoms with Gasteiger partial charge in [-0.05, 0) is 18.8 Å². The number of nitrogens with zero attached hydrogens (tertiary/aromatic N) is 1. The van der Waals surface area contributed by atoms with Gasteiger partial charge in [0, 0.05) is 25.6 Å². The van der Waals surface area contributed by atoms with Crippen LogP contribution < -0.4 is 5.32 Å². The molecule has 0 aromatic carbocycles. The second-order valence-corrected chi connectivity index (χ2v) is 5.86. The molecule has 1 fully saturated rings. The molecule has 0 spiro atoms. The largest absolute Gasteiger partial charge is 0.479 e. The highest BCUT2D eigenvalue weighted by Gasteiger charge is 2.27. The van der Waals surface area contributed by atoms with Crippen LogP contribution in [0.15, 0.2) is 0 Å². The SMILES string of the molecule is CC(C)CN(C(=O)NCC[C@H](O)C(=O)O)C1CCCC1. The Morgan fingerprint density at radius 3 is 2.40 bits per heavy atom. The molecule has 1 rings (SSSR count). The monoisotopic (exact) mass is 286 g/mol. The highest BCUT2D eigenvalue weighted by Crippen LogP contribution is 2.24. The predicted octanol–water partition coefficient (Wildman–Crippen LogP) is 1.43. The Morgan fingerprint density at radius 1 is 1.30 bits per heavy atom. The van der Waals surface area contributed by atoms with Crippen molar-refractivity contribution in [3.05, 3.63) is 0 Å². The quantitative estimate of drug-likeness (QED) is 0.660. The molecule has 1 aliphatic carbocycles. The number of aliphatic hydroxyl groups is 1. The van der Waals surface area contributed by atoms with Gasteiger partial charge in [0.1, 0.15) is 0 Å². The molecule has 0 aliphatic heterocycles. The van der Waals surface area contributed by atoms with Crippen LogP contribution in [-0.2, 0) is 4.79 Å². The lowest BCUT2D eigenvalue weighted by atomic mass is 10.1. The van der Waals surface area contributed by atoms with E-state index in [9.17, 15) is 14.7 Å². The van der Waals surface area contributed by atoms with Crippen LogP contribution in [0.1, 0.15) is 46.0 Å². The second-order valence-electron chi connectivity index (χ2n) is 5.86. The molecule has 6 nitrogen and oxygen atoms in total. The molecule has 20 heavy (non-hydrogen) atoms. The van der Waals surface area contributed by atoms with Crippen molar-refractivity contribution >= 4 is 12.0 Å². The molecule has 0 heterocycles. The molecule has 2 amide bonds. The Kier molecular flexibility index (Phi) is 6.78. The zero-order valence-electron chi connectivity index (χ0n) is 12.3. The number of carbonyl (C=O) groups excluding carboxylic acids is 1. The summed E-state index contributed by atoms with van der Waals surface area (Å²) in [5.41, 5.74) is 0. The highest BCUT2D eigenvalue weighted by molar-refractivity contribution is 5.75. The van der Waals surface area contributed by atoms with Crippen LogP contribution in [0, 0.1) is 5.92 Å². The van der Waals surface area contributed by atoms with E-state index in [4.69, 9.17) is 5.11 Å². The van der Waals surface area contributed by atoms with Crippen molar-refractivity contribution < 1.29 is 19.8 Å². The van der Waals surface area contributed by atoms with Gasteiger partial charge in [0.15, 0.2) is 6.10 Å². The standard InChI is InChI=1S/C14H26N2O4/c1-10(2)9-16(11-5-3-4-6-11)14(20)15-8-7-12(17)13(18)19/h10-12,17H,3-9H2,1-2H3,(H,15,20)(H,18,19)/t12-/m0/s1. The first-order valence-corrected chi connectivity index (χ1v) is 7.37. The molecule has 0 radical (unpaired) electrons. The highest BCUT2D eigenvalue weighted by atomic mass is 16.4. The first-order chi connectivity index (χ1) is 9.41. The average molecular weight is 286 g/mol. The lowest BCUT2D eigenvalue weighted by Crippen LogP contribution is -2.47. The van der Waals surface area contributed by atoms with Gasteiger partial charge in [-0.15, -0.1) is 0 Å². The molecule has 3 N–H and O–H groups in total. The summed E-state index contributed by atoms with van der Waals surface area (Å²) in [5, 5.41) is 20.5. The zero-order chi connectivity index (χ0) is 15.1. The van der Waals surface area contributed by atoms with Gasteiger partial charge in [-0.1, -0.05) is 26.7 Å². The summed E-state index contributed by atoms with van der Waals surface area (Å²) in [7, 11) is 0. The Hall–Kier alpha value is -1.30. The summed E-state index contributed by atoms with van der Waals surface area (Å²) >= 11 is 0. The number of urea groups is 1. The van der Waals surface area contributed by atoms with Crippen molar-refractivity contribution in [2.45, 2.75) is 58.1 Å². The predicted molar refractivity (Wildman–Crippen MR) is 75.5 cm³/mol. The number of carboxylic acid groups (broad SMARTS) is 1. The molecule has 1 saturated carbocycles. The van der Waals surface area contributed by atoms with Crippen molar-refractivity contribution in [1.82, 2.24) is 10.2 Å². The molecular formula is C14H26N2O4. The first kappa shape index (κ1) is 16.8. The van der Waals surface area contributed by atoms with Gasteiger partial charge < -0.3 is 20.4 Å². The lowest BCUT2D eigenvalue weighted by molar-refractivity contribution is -0.146.